The molecule has 0 bridgehead atoms. The first kappa shape index (κ1) is 23.0. The van der Waals surface area contributed by atoms with Crippen molar-refractivity contribution in [3.05, 3.63) is 29.8 Å². The number of nitrogens with one attached hydrogen (secondary N) is 1. The fourth-order valence-electron chi connectivity index (χ4n) is 3.64. The number of benzene rings is 1. The Bertz CT molecular complexity index is 546. The lowest BCUT2D eigenvalue weighted by molar-refractivity contribution is -0.132. The van der Waals surface area contributed by atoms with Crippen molar-refractivity contribution < 1.29 is 4.79 Å². The van der Waals surface area contributed by atoms with Gasteiger partial charge in [0.2, 0.25) is 5.91 Å². The van der Waals surface area contributed by atoms with E-state index in [4.69, 9.17) is 0 Å². The second-order valence-electron chi connectivity index (χ2n) is 6.94. The van der Waals surface area contributed by atoms with Gasteiger partial charge in [0.25, 0.3) is 0 Å². The zero-order valence-corrected chi connectivity index (χ0v) is 17.3. The highest BCUT2D eigenvalue weighted by Crippen LogP contribution is 2.25. The lowest BCUT2D eigenvalue weighted by atomic mass is 10.1. The zero-order chi connectivity index (χ0) is 16.8. The summed E-state index contributed by atoms with van der Waals surface area (Å²) in [7, 11) is 2.12. The van der Waals surface area contributed by atoms with Crippen molar-refractivity contribution >= 4 is 36.4 Å². The molecule has 2 saturated heterocycles. The van der Waals surface area contributed by atoms with E-state index in [2.05, 4.69) is 46.4 Å². The Morgan fingerprint density at radius 1 is 1.08 bits per heavy atom. The molecule has 3 rings (SSSR count). The number of carbonyl (C=O) groups excluding carboxylic acids is 1. The van der Waals surface area contributed by atoms with Gasteiger partial charge in [-0.15, -0.1) is 24.8 Å². The van der Waals surface area contributed by atoms with E-state index in [1.807, 2.05) is 4.90 Å². The van der Waals surface area contributed by atoms with Crippen molar-refractivity contribution in [1.82, 2.24) is 15.1 Å². The normalized spacial score (nSPS) is 17.0. The third-order valence-electron chi connectivity index (χ3n) is 5.06. The van der Waals surface area contributed by atoms with E-state index in [0.29, 0.717) is 6.42 Å². The molecule has 7 heteroatoms. The molecule has 2 aliphatic heterocycles. The van der Waals surface area contributed by atoms with Crippen molar-refractivity contribution in [2.75, 3.05) is 57.8 Å². The minimum absolute atomic E-state index is 0. The Morgan fingerprint density at radius 3 is 2.42 bits per heavy atom. The first-order valence-electron chi connectivity index (χ1n) is 9.24. The van der Waals surface area contributed by atoms with E-state index >= 15 is 0 Å². The Morgan fingerprint density at radius 2 is 1.73 bits per heavy atom. The highest BCUT2D eigenvalue weighted by atomic mass is 35.5. The second-order valence-corrected chi connectivity index (χ2v) is 6.94. The molecule has 0 unspecified atom stereocenters. The Kier molecular flexibility index (Phi) is 10.3. The van der Waals surface area contributed by atoms with Crippen molar-refractivity contribution in [2.45, 2.75) is 25.8 Å². The summed E-state index contributed by atoms with van der Waals surface area (Å²) in [5.74, 6) is 0.288. The van der Waals surface area contributed by atoms with Crippen LogP contribution in [-0.4, -0.2) is 68.6 Å². The molecule has 0 atom stereocenters. The van der Waals surface area contributed by atoms with Gasteiger partial charge in [-0.05, 0) is 31.5 Å². The number of hydrogen-bond donors (Lipinski definition) is 1. The van der Waals surface area contributed by atoms with Crippen LogP contribution in [0.25, 0.3) is 0 Å². The first-order chi connectivity index (χ1) is 11.7. The lowest BCUT2D eigenvalue weighted by Crippen LogP contribution is -2.47. The minimum Gasteiger partial charge on any atom is -0.371 e. The monoisotopic (exact) mass is 402 g/mol. The van der Waals surface area contributed by atoms with Gasteiger partial charge >= 0.3 is 0 Å². The van der Waals surface area contributed by atoms with Crippen LogP contribution >= 0.6 is 24.8 Å². The summed E-state index contributed by atoms with van der Waals surface area (Å²) in [6, 6.07) is 8.71. The van der Waals surface area contributed by atoms with Gasteiger partial charge in [0.15, 0.2) is 0 Å². The van der Waals surface area contributed by atoms with Gasteiger partial charge in [0, 0.05) is 64.5 Å². The molecular weight excluding hydrogens is 371 g/mol. The highest BCUT2D eigenvalue weighted by Gasteiger charge is 2.18. The van der Waals surface area contributed by atoms with E-state index in [1.54, 1.807) is 0 Å². The number of rotatable bonds is 6. The van der Waals surface area contributed by atoms with E-state index in [9.17, 15) is 4.79 Å². The Balaban J connectivity index is 0.00000169. The summed E-state index contributed by atoms with van der Waals surface area (Å²) in [5.41, 5.74) is 2.74. The maximum atomic E-state index is 12.3. The van der Waals surface area contributed by atoms with E-state index in [1.165, 1.54) is 37.2 Å². The predicted octanol–water partition coefficient (Wildman–Crippen LogP) is 2.38. The number of amides is 1. The maximum absolute atomic E-state index is 12.3. The van der Waals surface area contributed by atoms with E-state index < -0.39 is 0 Å². The SMILES string of the molecule is CN(CCC(=O)N1CCNCC1)Cc1ccccc1N1CCCC1.Cl.Cl. The Labute approximate surface area is 169 Å². The summed E-state index contributed by atoms with van der Waals surface area (Å²) in [5, 5.41) is 3.29. The fourth-order valence-corrected chi connectivity index (χ4v) is 3.64. The number of para-hydroxylation sites is 1. The fraction of sp³-hybridized carbons (Fsp3) is 0.632. The van der Waals surface area contributed by atoms with Gasteiger partial charge in [-0.3, -0.25) is 4.79 Å². The standard InChI is InChI=1S/C19H30N4O.2ClH/c1-21(13-8-19(24)23-14-9-20-10-15-23)16-17-6-2-3-7-18(17)22-11-4-5-12-22;;/h2-3,6-7,20H,4-5,8-16H2,1H3;2*1H. The van der Waals surface area contributed by atoms with Crippen molar-refractivity contribution in [1.29, 1.82) is 0 Å². The molecule has 2 heterocycles. The molecule has 2 fully saturated rings. The number of halogens is 2. The van der Waals surface area contributed by atoms with Crippen molar-refractivity contribution in [2.24, 2.45) is 0 Å². The van der Waals surface area contributed by atoms with E-state index in [0.717, 1.165) is 39.3 Å². The topological polar surface area (TPSA) is 38.8 Å². The number of anilines is 1. The highest BCUT2D eigenvalue weighted by molar-refractivity contribution is 5.85. The molecule has 148 valence electrons. The second kappa shape index (κ2) is 11.7. The lowest BCUT2D eigenvalue weighted by Gasteiger charge is -2.28. The van der Waals surface area contributed by atoms with Crippen LogP contribution in [0.4, 0.5) is 5.69 Å². The molecule has 0 spiro atoms. The summed E-state index contributed by atoms with van der Waals surface area (Å²) >= 11 is 0. The number of carbonyl (C=O) groups is 1. The first-order valence-corrected chi connectivity index (χ1v) is 9.24. The Hall–Kier alpha value is -1.01. The smallest absolute Gasteiger partial charge is 0.223 e. The van der Waals surface area contributed by atoms with Gasteiger partial charge in [-0.1, -0.05) is 18.2 Å². The van der Waals surface area contributed by atoms with Gasteiger partial charge in [0.05, 0.1) is 0 Å². The van der Waals surface area contributed by atoms with Gasteiger partial charge < -0.3 is 20.0 Å². The molecular formula is C19H32Cl2N4O. The van der Waals surface area contributed by atoms with Gasteiger partial charge in [-0.25, -0.2) is 0 Å². The number of piperazine rings is 1. The molecule has 0 radical (unpaired) electrons. The summed E-state index contributed by atoms with van der Waals surface area (Å²) < 4.78 is 0. The van der Waals surface area contributed by atoms with Crippen LogP contribution < -0.4 is 10.2 Å². The number of hydrogen-bond acceptors (Lipinski definition) is 4. The molecule has 0 saturated carbocycles. The van der Waals surface area contributed by atoms with Crippen LogP contribution in [0.5, 0.6) is 0 Å². The maximum Gasteiger partial charge on any atom is 0.223 e. The quantitative estimate of drug-likeness (QED) is 0.792. The summed E-state index contributed by atoms with van der Waals surface area (Å²) in [6.45, 7) is 7.60. The van der Waals surface area contributed by atoms with Crippen molar-refractivity contribution in [3.63, 3.8) is 0 Å². The van der Waals surface area contributed by atoms with Crippen LogP contribution in [0, 0.1) is 0 Å². The average Bonchev–Trinajstić information content (AvgIpc) is 3.15. The summed E-state index contributed by atoms with van der Waals surface area (Å²) in [4.78, 5) is 19.1. The molecule has 1 amide bonds. The molecule has 1 aromatic carbocycles. The average molecular weight is 403 g/mol. The van der Waals surface area contributed by atoms with Gasteiger partial charge in [0.1, 0.15) is 0 Å². The van der Waals surface area contributed by atoms with Crippen molar-refractivity contribution in [3.8, 4) is 0 Å². The molecule has 5 nitrogen and oxygen atoms in total. The van der Waals surface area contributed by atoms with Crippen LogP contribution in [0.2, 0.25) is 0 Å². The van der Waals surface area contributed by atoms with Gasteiger partial charge in [-0.2, -0.15) is 0 Å². The molecule has 2 aliphatic rings. The summed E-state index contributed by atoms with van der Waals surface area (Å²) in [6.07, 6.45) is 3.20. The molecule has 0 aliphatic carbocycles. The van der Waals surface area contributed by atoms with Crippen LogP contribution in [0.1, 0.15) is 24.8 Å². The van der Waals surface area contributed by atoms with Crippen LogP contribution in [-0.2, 0) is 11.3 Å². The molecule has 1 N–H and O–H groups in total. The largest absolute Gasteiger partial charge is 0.371 e. The third-order valence-corrected chi connectivity index (χ3v) is 5.06. The number of nitrogens with zero attached hydrogens (tertiary/aromatic N) is 3. The third kappa shape index (κ3) is 6.31. The van der Waals surface area contributed by atoms with E-state index in [-0.39, 0.29) is 30.7 Å². The molecule has 1 aromatic rings. The molecule has 0 aromatic heterocycles. The zero-order valence-electron chi connectivity index (χ0n) is 15.7. The van der Waals surface area contributed by atoms with Crippen LogP contribution in [0.15, 0.2) is 24.3 Å². The minimum atomic E-state index is 0. The predicted molar refractivity (Wildman–Crippen MR) is 113 cm³/mol. The molecule has 26 heavy (non-hydrogen) atoms. The van der Waals surface area contributed by atoms with Crippen LogP contribution in [0.3, 0.4) is 0 Å².